The lowest BCUT2D eigenvalue weighted by molar-refractivity contribution is -0.125. The van der Waals surface area contributed by atoms with Crippen LogP contribution in [-0.4, -0.2) is 20.7 Å². The minimum atomic E-state index is -2.67. The Morgan fingerprint density at radius 3 is 2.67 bits per heavy atom. The van der Waals surface area contributed by atoms with Gasteiger partial charge in [-0.25, -0.2) is 8.78 Å². The van der Waals surface area contributed by atoms with E-state index in [1.165, 1.54) is 10.7 Å². The number of nitrogens with one attached hydrogen (secondary N) is 1. The molecule has 0 bridgehead atoms. The van der Waals surface area contributed by atoms with Crippen LogP contribution < -0.4 is 5.32 Å². The summed E-state index contributed by atoms with van der Waals surface area (Å²) in [5, 5.41) is 8.85. The van der Waals surface area contributed by atoms with Gasteiger partial charge in [-0.05, 0) is 43.5 Å². The molecule has 0 aliphatic heterocycles. The average molecular weight is 390 g/mol. The molecule has 0 aromatic carbocycles. The number of hydrogen-bond acceptors (Lipinski definition) is 4. The Kier molecular flexibility index (Phi) is 5.95. The summed E-state index contributed by atoms with van der Waals surface area (Å²) in [5.74, 6) is -0.297. The zero-order valence-electron chi connectivity index (χ0n) is 15.0. The lowest BCUT2D eigenvalue weighted by Crippen LogP contribution is -2.36. The molecule has 2 unspecified atom stereocenters. The monoisotopic (exact) mass is 390 g/mol. The number of halogens is 2. The van der Waals surface area contributed by atoms with Crippen molar-refractivity contribution in [3.05, 3.63) is 69.9 Å². The van der Waals surface area contributed by atoms with E-state index < -0.39 is 12.5 Å². The van der Waals surface area contributed by atoms with E-state index in [9.17, 15) is 13.6 Å². The molecule has 142 valence electrons. The molecule has 5 nitrogen and oxygen atoms in total. The predicted octanol–water partition coefficient (Wildman–Crippen LogP) is 4.25. The van der Waals surface area contributed by atoms with E-state index >= 15 is 0 Å². The summed E-state index contributed by atoms with van der Waals surface area (Å²) in [6.45, 7) is 3.30. The third kappa shape index (κ3) is 4.57. The van der Waals surface area contributed by atoms with Gasteiger partial charge in [0.1, 0.15) is 11.7 Å². The van der Waals surface area contributed by atoms with Gasteiger partial charge in [0.25, 0.3) is 6.43 Å². The Hall–Kier alpha value is -2.61. The van der Waals surface area contributed by atoms with Crippen LogP contribution in [0.2, 0.25) is 0 Å². The summed E-state index contributed by atoms with van der Waals surface area (Å²) >= 11 is 1.61. The number of rotatable bonds is 7. The van der Waals surface area contributed by atoms with Crippen LogP contribution in [0.25, 0.3) is 0 Å². The fourth-order valence-electron chi connectivity index (χ4n) is 2.86. The van der Waals surface area contributed by atoms with Crippen molar-refractivity contribution in [1.29, 1.82) is 0 Å². The molecule has 0 saturated heterocycles. The van der Waals surface area contributed by atoms with Crippen molar-refractivity contribution in [3.63, 3.8) is 0 Å². The SMILES string of the molecule is Cc1cc(C(F)F)nn1C(C)C(=O)NC(Cc1cccs1)c1ccccn1. The minimum Gasteiger partial charge on any atom is -0.346 e. The normalized spacial score (nSPS) is 13.5. The number of carbonyl (C=O) groups excluding carboxylic acids is 1. The van der Waals surface area contributed by atoms with Crippen LogP contribution in [-0.2, 0) is 11.2 Å². The van der Waals surface area contributed by atoms with Crippen molar-refractivity contribution in [2.24, 2.45) is 0 Å². The van der Waals surface area contributed by atoms with Crippen molar-refractivity contribution < 1.29 is 13.6 Å². The maximum Gasteiger partial charge on any atom is 0.282 e. The van der Waals surface area contributed by atoms with Crippen LogP contribution in [0, 0.1) is 6.92 Å². The first-order valence-electron chi connectivity index (χ1n) is 8.53. The van der Waals surface area contributed by atoms with Crippen LogP contribution in [0.4, 0.5) is 8.78 Å². The van der Waals surface area contributed by atoms with E-state index in [0.29, 0.717) is 12.1 Å². The predicted molar refractivity (Wildman–Crippen MR) is 99.8 cm³/mol. The number of aromatic nitrogens is 3. The maximum atomic E-state index is 12.9. The quantitative estimate of drug-likeness (QED) is 0.656. The first kappa shape index (κ1) is 19.2. The van der Waals surface area contributed by atoms with Gasteiger partial charge < -0.3 is 5.32 Å². The van der Waals surface area contributed by atoms with Gasteiger partial charge in [-0.3, -0.25) is 14.5 Å². The van der Waals surface area contributed by atoms with Crippen LogP contribution >= 0.6 is 11.3 Å². The summed E-state index contributed by atoms with van der Waals surface area (Å²) in [5.41, 5.74) is 0.935. The highest BCUT2D eigenvalue weighted by atomic mass is 32.1. The third-order valence-corrected chi connectivity index (χ3v) is 5.16. The Balaban J connectivity index is 1.79. The van der Waals surface area contributed by atoms with Crippen LogP contribution in [0.3, 0.4) is 0 Å². The Labute approximate surface area is 160 Å². The van der Waals surface area contributed by atoms with E-state index in [1.54, 1.807) is 31.4 Å². The Bertz CT molecular complexity index is 881. The summed E-state index contributed by atoms with van der Waals surface area (Å²) in [6, 6.07) is 9.77. The lowest BCUT2D eigenvalue weighted by atomic mass is 10.1. The van der Waals surface area contributed by atoms with Crippen molar-refractivity contribution in [2.45, 2.75) is 38.8 Å². The Morgan fingerprint density at radius 1 is 1.26 bits per heavy atom. The number of aryl methyl sites for hydroxylation is 1. The summed E-state index contributed by atoms with van der Waals surface area (Å²) in [7, 11) is 0. The molecule has 3 aromatic heterocycles. The summed E-state index contributed by atoms with van der Waals surface area (Å²) in [6.07, 6.45) is -0.382. The Morgan fingerprint density at radius 2 is 2.07 bits per heavy atom. The average Bonchev–Trinajstić information content (AvgIpc) is 3.30. The lowest BCUT2D eigenvalue weighted by Gasteiger charge is -2.21. The first-order valence-corrected chi connectivity index (χ1v) is 9.41. The van der Waals surface area contributed by atoms with Crippen LogP contribution in [0.5, 0.6) is 0 Å². The van der Waals surface area contributed by atoms with Crippen molar-refractivity contribution >= 4 is 17.2 Å². The van der Waals surface area contributed by atoms with Crippen LogP contribution in [0.1, 0.15) is 47.4 Å². The molecule has 0 spiro atoms. The van der Waals surface area contributed by atoms with Gasteiger partial charge in [0.15, 0.2) is 0 Å². The topological polar surface area (TPSA) is 59.8 Å². The van der Waals surface area contributed by atoms with Gasteiger partial charge >= 0.3 is 0 Å². The number of carbonyl (C=O) groups is 1. The molecule has 1 amide bonds. The molecule has 2 atom stereocenters. The second-order valence-electron chi connectivity index (χ2n) is 6.23. The van der Waals surface area contributed by atoms with Crippen molar-refractivity contribution in [2.75, 3.05) is 0 Å². The number of pyridine rings is 1. The minimum absolute atomic E-state index is 0.297. The van der Waals surface area contributed by atoms with E-state index in [2.05, 4.69) is 15.4 Å². The number of amides is 1. The number of hydrogen-bond donors (Lipinski definition) is 1. The van der Waals surface area contributed by atoms with E-state index in [0.717, 1.165) is 10.6 Å². The molecule has 3 rings (SSSR count). The smallest absolute Gasteiger partial charge is 0.282 e. The molecule has 27 heavy (non-hydrogen) atoms. The van der Waals surface area contributed by atoms with Gasteiger partial charge in [0.05, 0.1) is 11.7 Å². The summed E-state index contributed by atoms with van der Waals surface area (Å²) < 4.78 is 27.1. The van der Waals surface area contributed by atoms with Gasteiger partial charge in [0.2, 0.25) is 5.91 Å². The van der Waals surface area contributed by atoms with E-state index in [4.69, 9.17) is 0 Å². The first-order chi connectivity index (χ1) is 13.0. The molecular weight excluding hydrogens is 370 g/mol. The molecule has 1 N–H and O–H groups in total. The second kappa shape index (κ2) is 8.39. The van der Waals surface area contributed by atoms with Crippen LogP contribution in [0.15, 0.2) is 48.0 Å². The van der Waals surface area contributed by atoms with E-state index in [-0.39, 0.29) is 17.6 Å². The fourth-order valence-corrected chi connectivity index (χ4v) is 3.61. The molecule has 8 heteroatoms. The molecule has 3 heterocycles. The zero-order valence-corrected chi connectivity index (χ0v) is 15.8. The highest BCUT2D eigenvalue weighted by Crippen LogP contribution is 2.23. The number of nitrogens with zero attached hydrogens (tertiary/aromatic N) is 3. The largest absolute Gasteiger partial charge is 0.346 e. The number of alkyl halides is 2. The van der Waals surface area contributed by atoms with Gasteiger partial charge in [-0.15, -0.1) is 11.3 Å². The number of thiophene rings is 1. The van der Waals surface area contributed by atoms with Gasteiger partial charge in [-0.2, -0.15) is 5.10 Å². The zero-order chi connectivity index (χ0) is 19.4. The van der Waals surface area contributed by atoms with E-state index in [1.807, 2.05) is 35.7 Å². The molecule has 3 aromatic rings. The van der Waals surface area contributed by atoms with Gasteiger partial charge in [0, 0.05) is 23.2 Å². The molecular formula is C19H20F2N4OS. The van der Waals surface area contributed by atoms with Crippen molar-refractivity contribution in [1.82, 2.24) is 20.1 Å². The fraction of sp³-hybridized carbons (Fsp3) is 0.316. The molecule has 0 aliphatic rings. The second-order valence-corrected chi connectivity index (χ2v) is 7.26. The third-order valence-electron chi connectivity index (χ3n) is 4.26. The molecule has 0 fully saturated rings. The molecule has 0 saturated carbocycles. The highest BCUT2D eigenvalue weighted by molar-refractivity contribution is 7.09. The molecule has 0 aliphatic carbocycles. The summed E-state index contributed by atoms with van der Waals surface area (Å²) in [4.78, 5) is 18.3. The van der Waals surface area contributed by atoms with Crippen molar-refractivity contribution in [3.8, 4) is 0 Å². The maximum absolute atomic E-state index is 12.9. The van der Waals surface area contributed by atoms with Gasteiger partial charge in [-0.1, -0.05) is 12.1 Å². The highest BCUT2D eigenvalue weighted by Gasteiger charge is 2.24. The molecule has 0 radical (unpaired) electrons. The standard InChI is InChI=1S/C19H20F2N4OS/c1-12-10-17(18(20)21)24-25(12)13(2)19(26)23-16(11-14-6-5-9-27-14)15-7-3-4-8-22-15/h3-10,13,16,18H,11H2,1-2H3,(H,23,26).